The Labute approximate surface area is 135 Å². The van der Waals surface area contributed by atoms with Crippen molar-refractivity contribution in [2.24, 2.45) is 0 Å². The van der Waals surface area contributed by atoms with Crippen molar-refractivity contribution in [3.05, 3.63) is 57.3 Å². The SMILES string of the molecule is COc1ccc(CC(C(=O)O)c2ncc(Br)cc2Cl)cc1. The molecule has 0 fully saturated rings. The van der Waals surface area contributed by atoms with E-state index in [1.54, 1.807) is 31.5 Å². The fourth-order valence-electron chi connectivity index (χ4n) is 1.98. The van der Waals surface area contributed by atoms with Crippen LogP contribution in [0.15, 0.2) is 41.0 Å². The van der Waals surface area contributed by atoms with Gasteiger partial charge in [0.05, 0.1) is 17.8 Å². The number of rotatable bonds is 5. The molecule has 0 amide bonds. The number of pyridine rings is 1. The number of methoxy groups -OCH3 is 1. The van der Waals surface area contributed by atoms with Gasteiger partial charge >= 0.3 is 5.97 Å². The van der Waals surface area contributed by atoms with E-state index in [9.17, 15) is 9.90 Å². The van der Waals surface area contributed by atoms with Crippen molar-refractivity contribution >= 4 is 33.5 Å². The van der Waals surface area contributed by atoms with Gasteiger partial charge < -0.3 is 9.84 Å². The van der Waals surface area contributed by atoms with Crippen molar-refractivity contribution in [1.82, 2.24) is 4.98 Å². The summed E-state index contributed by atoms with van der Waals surface area (Å²) in [6, 6.07) is 8.91. The van der Waals surface area contributed by atoms with Crippen molar-refractivity contribution in [2.75, 3.05) is 7.11 Å². The van der Waals surface area contributed by atoms with Crippen LogP contribution < -0.4 is 4.74 Å². The first-order valence-corrected chi connectivity index (χ1v) is 7.35. The molecule has 1 unspecified atom stereocenters. The highest BCUT2D eigenvalue weighted by Gasteiger charge is 2.24. The fourth-order valence-corrected chi connectivity index (χ4v) is 2.74. The molecular weight excluding hydrogens is 358 g/mol. The second kappa shape index (κ2) is 6.91. The third-order valence-corrected chi connectivity index (χ3v) is 3.80. The number of halogens is 2. The second-order valence-corrected chi connectivity index (χ2v) is 5.79. The third-order valence-electron chi connectivity index (χ3n) is 3.06. The molecule has 0 saturated heterocycles. The Morgan fingerprint density at radius 3 is 2.62 bits per heavy atom. The molecule has 0 spiro atoms. The van der Waals surface area contributed by atoms with Crippen molar-refractivity contribution in [3.63, 3.8) is 0 Å². The van der Waals surface area contributed by atoms with Gasteiger partial charge in [-0.3, -0.25) is 9.78 Å². The number of hydrogen-bond acceptors (Lipinski definition) is 3. The van der Waals surface area contributed by atoms with Crippen LogP contribution in [-0.4, -0.2) is 23.2 Å². The summed E-state index contributed by atoms with van der Waals surface area (Å²) in [5.41, 5.74) is 1.24. The lowest BCUT2D eigenvalue weighted by Crippen LogP contribution is -2.16. The summed E-state index contributed by atoms with van der Waals surface area (Å²) in [7, 11) is 1.58. The number of hydrogen-bond donors (Lipinski definition) is 1. The Morgan fingerprint density at radius 1 is 1.43 bits per heavy atom. The highest BCUT2D eigenvalue weighted by molar-refractivity contribution is 9.10. The molecule has 6 heteroatoms. The van der Waals surface area contributed by atoms with Gasteiger partial charge in [0.2, 0.25) is 0 Å². The predicted octanol–water partition coefficient (Wildman–Crippen LogP) is 3.92. The summed E-state index contributed by atoms with van der Waals surface area (Å²) in [4.78, 5) is 15.7. The maximum absolute atomic E-state index is 11.5. The van der Waals surface area contributed by atoms with Crippen molar-refractivity contribution in [1.29, 1.82) is 0 Å². The fraction of sp³-hybridized carbons (Fsp3) is 0.200. The highest BCUT2D eigenvalue weighted by Crippen LogP contribution is 2.28. The Hall–Kier alpha value is -1.59. The molecule has 1 N–H and O–H groups in total. The summed E-state index contributed by atoms with van der Waals surface area (Å²) in [6.45, 7) is 0. The quantitative estimate of drug-likeness (QED) is 0.866. The van der Waals surface area contributed by atoms with E-state index in [2.05, 4.69) is 20.9 Å². The van der Waals surface area contributed by atoms with Crippen LogP contribution >= 0.6 is 27.5 Å². The van der Waals surface area contributed by atoms with Gasteiger partial charge in [-0.15, -0.1) is 0 Å². The number of carboxylic acids is 1. The van der Waals surface area contributed by atoms with Crippen molar-refractivity contribution < 1.29 is 14.6 Å². The van der Waals surface area contributed by atoms with E-state index in [1.807, 2.05) is 12.1 Å². The zero-order chi connectivity index (χ0) is 15.4. The Balaban J connectivity index is 2.28. The summed E-state index contributed by atoms with van der Waals surface area (Å²) in [6.07, 6.45) is 1.86. The lowest BCUT2D eigenvalue weighted by Gasteiger charge is -2.14. The average molecular weight is 371 g/mol. The molecule has 21 heavy (non-hydrogen) atoms. The first-order chi connectivity index (χ1) is 10.0. The predicted molar refractivity (Wildman–Crippen MR) is 84.0 cm³/mol. The minimum atomic E-state index is -0.956. The van der Waals surface area contributed by atoms with E-state index < -0.39 is 11.9 Å². The molecule has 1 aromatic carbocycles. The van der Waals surface area contributed by atoms with E-state index in [4.69, 9.17) is 16.3 Å². The van der Waals surface area contributed by atoms with E-state index in [0.717, 1.165) is 11.3 Å². The van der Waals surface area contributed by atoms with Crippen LogP contribution in [-0.2, 0) is 11.2 Å². The number of aliphatic carboxylic acids is 1. The first kappa shape index (κ1) is 15.8. The van der Waals surface area contributed by atoms with Crippen LogP contribution in [0.2, 0.25) is 5.02 Å². The minimum Gasteiger partial charge on any atom is -0.497 e. The summed E-state index contributed by atoms with van der Waals surface area (Å²) < 4.78 is 5.80. The second-order valence-electron chi connectivity index (χ2n) is 4.46. The standard InChI is InChI=1S/C15H13BrClNO3/c1-21-11-4-2-9(3-5-11)6-12(15(19)20)14-13(17)7-10(16)8-18-14/h2-5,7-8,12H,6H2,1H3,(H,19,20). The zero-order valence-electron chi connectivity index (χ0n) is 11.2. The van der Waals surface area contributed by atoms with Gasteiger partial charge in [-0.05, 0) is 46.1 Å². The Bertz CT molecular complexity index is 646. The van der Waals surface area contributed by atoms with Crippen LogP contribution in [0.1, 0.15) is 17.2 Å². The number of benzene rings is 1. The van der Waals surface area contributed by atoms with Crippen LogP contribution in [0.4, 0.5) is 0 Å². The molecule has 110 valence electrons. The number of aromatic nitrogens is 1. The number of ether oxygens (including phenoxy) is 1. The Morgan fingerprint density at radius 2 is 2.10 bits per heavy atom. The average Bonchev–Trinajstić information content (AvgIpc) is 2.46. The van der Waals surface area contributed by atoms with Gasteiger partial charge in [0.15, 0.2) is 0 Å². The van der Waals surface area contributed by atoms with Crippen LogP contribution in [0, 0.1) is 0 Å². The molecule has 2 aromatic rings. The van der Waals surface area contributed by atoms with Crippen molar-refractivity contribution in [3.8, 4) is 5.75 Å². The molecule has 2 rings (SSSR count). The molecule has 1 atom stereocenters. The topological polar surface area (TPSA) is 59.4 Å². The Kier molecular flexibility index (Phi) is 5.20. The zero-order valence-corrected chi connectivity index (χ0v) is 13.6. The molecule has 1 aromatic heterocycles. The van der Waals surface area contributed by atoms with Crippen LogP contribution in [0.5, 0.6) is 5.75 Å². The van der Waals surface area contributed by atoms with Gasteiger partial charge in [0.25, 0.3) is 0 Å². The molecule has 0 aliphatic heterocycles. The van der Waals surface area contributed by atoms with Crippen LogP contribution in [0.3, 0.4) is 0 Å². The summed E-state index contributed by atoms with van der Waals surface area (Å²) >= 11 is 9.36. The molecule has 4 nitrogen and oxygen atoms in total. The maximum atomic E-state index is 11.5. The lowest BCUT2D eigenvalue weighted by atomic mass is 9.95. The van der Waals surface area contributed by atoms with Gasteiger partial charge in [-0.1, -0.05) is 23.7 Å². The van der Waals surface area contributed by atoms with Crippen molar-refractivity contribution in [2.45, 2.75) is 12.3 Å². The monoisotopic (exact) mass is 369 g/mol. The van der Waals surface area contributed by atoms with E-state index in [-0.39, 0.29) is 0 Å². The number of nitrogens with zero attached hydrogens (tertiary/aromatic N) is 1. The van der Waals surface area contributed by atoms with Crippen LogP contribution in [0.25, 0.3) is 0 Å². The summed E-state index contributed by atoms with van der Waals surface area (Å²) in [5.74, 6) is -1.02. The normalized spacial score (nSPS) is 12.0. The van der Waals surface area contributed by atoms with Gasteiger partial charge in [-0.2, -0.15) is 0 Å². The number of carboxylic acid groups (broad SMARTS) is 1. The highest BCUT2D eigenvalue weighted by atomic mass is 79.9. The molecule has 0 radical (unpaired) electrons. The smallest absolute Gasteiger partial charge is 0.312 e. The van der Waals surface area contributed by atoms with Gasteiger partial charge in [0, 0.05) is 10.7 Å². The lowest BCUT2D eigenvalue weighted by molar-refractivity contribution is -0.138. The largest absolute Gasteiger partial charge is 0.497 e. The van der Waals surface area contributed by atoms with Gasteiger partial charge in [-0.25, -0.2) is 0 Å². The van der Waals surface area contributed by atoms with E-state index in [1.165, 1.54) is 0 Å². The maximum Gasteiger partial charge on any atom is 0.312 e. The minimum absolute atomic E-state index is 0.313. The molecule has 0 aliphatic carbocycles. The number of carbonyl (C=O) groups is 1. The molecule has 0 saturated carbocycles. The van der Waals surface area contributed by atoms with E-state index in [0.29, 0.717) is 21.6 Å². The van der Waals surface area contributed by atoms with Gasteiger partial charge in [0.1, 0.15) is 11.7 Å². The molecular formula is C15H13BrClNO3. The third kappa shape index (κ3) is 3.95. The summed E-state index contributed by atoms with van der Waals surface area (Å²) in [5, 5.41) is 9.79. The molecule has 0 bridgehead atoms. The first-order valence-electron chi connectivity index (χ1n) is 6.18. The molecule has 0 aliphatic rings. The molecule has 1 heterocycles. The van der Waals surface area contributed by atoms with E-state index >= 15 is 0 Å².